The van der Waals surface area contributed by atoms with Crippen LogP contribution in [0.15, 0.2) is 54.6 Å². The Morgan fingerprint density at radius 3 is 2.36 bits per heavy atom. The van der Waals surface area contributed by atoms with E-state index in [-0.39, 0.29) is 18.0 Å². The molecule has 4 heteroatoms. The summed E-state index contributed by atoms with van der Waals surface area (Å²) in [5, 5.41) is 3.07. The number of nitrogens with zero attached hydrogens (tertiary/aromatic N) is 1. The van der Waals surface area contributed by atoms with Gasteiger partial charge in [-0.1, -0.05) is 48.0 Å². The molecule has 0 aromatic heterocycles. The molecule has 0 radical (unpaired) electrons. The second-order valence-electron chi connectivity index (χ2n) is 6.46. The predicted octanol–water partition coefficient (Wildman–Crippen LogP) is 3.57. The quantitative estimate of drug-likeness (QED) is 0.799. The van der Waals surface area contributed by atoms with Gasteiger partial charge in [-0.15, -0.1) is 0 Å². The van der Waals surface area contributed by atoms with Crippen molar-refractivity contribution in [1.29, 1.82) is 0 Å². The fourth-order valence-electron chi connectivity index (χ4n) is 2.49. The molecule has 0 bridgehead atoms. The average Bonchev–Trinajstić information content (AvgIpc) is 2.63. The molecule has 134 valence electrons. The molecule has 0 aliphatic heterocycles. The number of amides is 1. The van der Waals surface area contributed by atoms with Crippen LogP contribution in [0, 0.1) is 6.92 Å². The molecule has 2 aromatic carbocycles. The summed E-state index contributed by atoms with van der Waals surface area (Å²) in [7, 11) is 1.94. The summed E-state index contributed by atoms with van der Waals surface area (Å²) in [5.41, 5.74) is 2.32. The van der Waals surface area contributed by atoms with Crippen LogP contribution in [0.2, 0.25) is 0 Å². The van der Waals surface area contributed by atoms with Gasteiger partial charge >= 0.3 is 0 Å². The van der Waals surface area contributed by atoms with E-state index in [2.05, 4.69) is 5.32 Å². The number of ether oxygens (including phenoxy) is 1. The number of carbonyl (C=O) groups is 1. The van der Waals surface area contributed by atoms with Gasteiger partial charge < -0.3 is 10.1 Å². The zero-order valence-corrected chi connectivity index (χ0v) is 15.5. The van der Waals surface area contributed by atoms with E-state index in [0.29, 0.717) is 13.2 Å². The first-order chi connectivity index (χ1) is 12.0. The third-order valence-electron chi connectivity index (χ3n) is 4.43. The van der Waals surface area contributed by atoms with Crippen LogP contribution in [0.4, 0.5) is 0 Å². The minimum Gasteiger partial charge on any atom is -0.492 e. The Hall–Kier alpha value is -2.33. The summed E-state index contributed by atoms with van der Waals surface area (Å²) in [4.78, 5) is 14.4. The van der Waals surface area contributed by atoms with Crippen molar-refractivity contribution in [2.24, 2.45) is 0 Å². The molecule has 25 heavy (non-hydrogen) atoms. The highest BCUT2D eigenvalue weighted by atomic mass is 16.5. The molecule has 0 spiro atoms. The van der Waals surface area contributed by atoms with Crippen molar-refractivity contribution in [2.45, 2.75) is 32.9 Å². The number of likely N-dealkylation sites (N-methyl/N-ethyl adjacent to an activating group) is 1. The van der Waals surface area contributed by atoms with Gasteiger partial charge in [-0.3, -0.25) is 9.69 Å². The highest BCUT2D eigenvalue weighted by Gasteiger charge is 2.19. The van der Waals surface area contributed by atoms with Crippen LogP contribution in [0.25, 0.3) is 0 Å². The van der Waals surface area contributed by atoms with Crippen molar-refractivity contribution < 1.29 is 9.53 Å². The van der Waals surface area contributed by atoms with Crippen molar-refractivity contribution in [3.63, 3.8) is 0 Å². The van der Waals surface area contributed by atoms with Crippen LogP contribution >= 0.6 is 0 Å². The second kappa shape index (κ2) is 9.23. The highest BCUT2D eigenvalue weighted by molar-refractivity contribution is 5.81. The predicted molar refractivity (Wildman–Crippen MR) is 102 cm³/mol. The molecular weight excluding hydrogens is 312 g/mol. The summed E-state index contributed by atoms with van der Waals surface area (Å²) in [6, 6.07) is 17.7. The number of hydrogen-bond acceptors (Lipinski definition) is 3. The topological polar surface area (TPSA) is 41.6 Å². The van der Waals surface area contributed by atoms with Crippen molar-refractivity contribution in [3.05, 3.63) is 65.7 Å². The van der Waals surface area contributed by atoms with E-state index in [4.69, 9.17) is 4.74 Å². The molecule has 0 aliphatic carbocycles. The summed E-state index contributed by atoms with van der Waals surface area (Å²) in [5.74, 6) is 0.878. The first-order valence-electron chi connectivity index (χ1n) is 8.72. The Morgan fingerprint density at radius 1 is 1.08 bits per heavy atom. The molecule has 2 rings (SSSR count). The van der Waals surface area contributed by atoms with Gasteiger partial charge in [0.1, 0.15) is 12.4 Å². The fourth-order valence-corrected chi connectivity index (χ4v) is 2.49. The van der Waals surface area contributed by atoms with Gasteiger partial charge in [0.05, 0.1) is 12.1 Å². The van der Waals surface area contributed by atoms with Gasteiger partial charge in [0.25, 0.3) is 0 Å². The van der Waals surface area contributed by atoms with Crippen LogP contribution in [0.1, 0.15) is 31.0 Å². The number of benzene rings is 2. The van der Waals surface area contributed by atoms with Crippen LogP contribution < -0.4 is 10.1 Å². The first kappa shape index (κ1) is 19.0. The number of nitrogens with one attached hydrogen (secondary N) is 1. The summed E-state index contributed by atoms with van der Waals surface area (Å²) in [6.07, 6.45) is 0. The highest BCUT2D eigenvalue weighted by Crippen LogP contribution is 2.13. The van der Waals surface area contributed by atoms with E-state index in [0.717, 1.165) is 11.3 Å². The van der Waals surface area contributed by atoms with Crippen LogP contribution in [-0.2, 0) is 4.79 Å². The zero-order chi connectivity index (χ0) is 18.2. The van der Waals surface area contributed by atoms with E-state index < -0.39 is 0 Å². The smallest absolute Gasteiger partial charge is 0.237 e. The Morgan fingerprint density at radius 2 is 1.72 bits per heavy atom. The van der Waals surface area contributed by atoms with Gasteiger partial charge in [-0.05, 0) is 45.5 Å². The molecule has 4 nitrogen and oxygen atoms in total. The normalized spacial score (nSPS) is 13.3. The lowest BCUT2D eigenvalue weighted by molar-refractivity contribution is -0.126. The minimum atomic E-state index is -0.215. The van der Waals surface area contributed by atoms with Gasteiger partial charge in [-0.2, -0.15) is 0 Å². The van der Waals surface area contributed by atoms with E-state index >= 15 is 0 Å². The number of rotatable bonds is 8. The van der Waals surface area contributed by atoms with Crippen LogP contribution in [0.5, 0.6) is 5.75 Å². The Balaban J connectivity index is 1.77. The minimum absolute atomic E-state index is 0.00615. The third kappa shape index (κ3) is 5.91. The molecule has 0 saturated heterocycles. The lowest BCUT2D eigenvalue weighted by Crippen LogP contribution is -2.45. The number of carbonyl (C=O) groups excluding carboxylic acids is 1. The maximum absolute atomic E-state index is 12.4. The number of aryl methyl sites for hydroxylation is 1. The van der Waals surface area contributed by atoms with Gasteiger partial charge in [0.2, 0.25) is 5.91 Å². The second-order valence-corrected chi connectivity index (χ2v) is 6.46. The molecule has 0 fully saturated rings. The first-order valence-corrected chi connectivity index (χ1v) is 8.72. The van der Waals surface area contributed by atoms with Crippen LogP contribution in [0.3, 0.4) is 0 Å². The van der Waals surface area contributed by atoms with Gasteiger partial charge in [-0.25, -0.2) is 0 Å². The van der Waals surface area contributed by atoms with Gasteiger partial charge in [0.15, 0.2) is 0 Å². The van der Waals surface area contributed by atoms with Crippen molar-refractivity contribution in [1.82, 2.24) is 10.2 Å². The summed E-state index contributed by atoms with van der Waals surface area (Å²) < 4.78 is 5.74. The fraction of sp³-hybridized carbons (Fsp3) is 0.381. The molecule has 0 unspecified atom stereocenters. The summed E-state index contributed by atoms with van der Waals surface area (Å²) >= 11 is 0. The Bertz CT molecular complexity index is 655. The third-order valence-corrected chi connectivity index (χ3v) is 4.43. The monoisotopic (exact) mass is 340 g/mol. The molecule has 1 amide bonds. The van der Waals surface area contributed by atoms with Gasteiger partial charge in [0, 0.05) is 6.54 Å². The lowest BCUT2D eigenvalue weighted by atomic mass is 10.1. The summed E-state index contributed by atoms with van der Waals surface area (Å²) in [6.45, 7) is 7.20. The maximum atomic E-state index is 12.4. The van der Waals surface area contributed by atoms with E-state index in [1.165, 1.54) is 5.56 Å². The van der Waals surface area contributed by atoms with Crippen molar-refractivity contribution >= 4 is 5.91 Å². The Labute approximate surface area is 150 Å². The molecule has 0 aliphatic rings. The molecular formula is C21H28N2O2. The standard InChI is InChI=1S/C21H28N2O2/c1-16-10-12-20(13-11-16)25-15-14-23(4)18(3)21(24)22-17(2)19-8-6-5-7-9-19/h5-13,17-18H,14-15H2,1-4H3,(H,22,24)/t17-,18-/m1/s1. The molecule has 2 aromatic rings. The average molecular weight is 340 g/mol. The SMILES string of the molecule is Cc1ccc(OCCN(C)[C@H](C)C(=O)N[C@H](C)c2ccccc2)cc1. The van der Waals surface area contributed by atoms with Crippen molar-refractivity contribution in [3.8, 4) is 5.75 Å². The molecule has 0 saturated carbocycles. The lowest BCUT2D eigenvalue weighted by Gasteiger charge is -2.25. The largest absolute Gasteiger partial charge is 0.492 e. The Kier molecular flexibility index (Phi) is 7.02. The zero-order valence-electron chi connectivity index (χ0n) is 15.5. The van der Waals surface area contributed by atoms with E-state index in [9.17, 15) is 4.79 Å². The maximum Gasteiger partial charge on any atom is 0.237 e. The molecule has 0 heterocycles. The van der Waals surface area contributed by atoms with E-state index in [1.54, 1.807) is 0 Å². The number of hydrogen-bond donors (Lipinski definition) is 1. The molecule has 2 atom stereocenters. The molecule has 1 N–H and O–H groups in total. The van der Waals surface area contributed by atoms with E-state index in [1.807, 2.05) is 87.3 Å². The van der Waals surface area contributed by atoms with Crippen LogP contribution in [-0.4, -0.2) is 37.0 Å². The van der Waals surface area contributed by atoms with Crippen molar-refractivity contribution in [2.75, 3.05) is 20.2 Å².